The van der Waals surface area contributed by atoms with E-state index in [-0.39, 0.29) is 5.82 Å². The molecular weight excluding hydrogens is 257 g/mol. The number of anilines is 2. The highest BCUT2D eigenvalue weighted by Crippen LogP contribution is 2.18. The van der Waals surface area contributed by atoms with Crippen LogP contribution in [0.1, 0.15) is 15.9 Å². The Morgan fingerprint density at radius 1 is 1.15 bits per heavy atom. The molecule has 0 aliphatic rings. The average Bonchev–Trinajstić information content (AvgIpc) is 2.42. The van der Waals surface area contributed by atoms with Gasteiger partial charge in [-0.05, 0) is 42.3 Å². The molecule has 2 aromatic rings. The molecule has 1 amide bonds. The van der Waals surface area contributed by atoms with Gasteiger partial charge in [0.05, 0.1) is 5.56 Å². The number of nitrogens with one attached hydrogen (secondary N) is 1. The van der Waals surface area contributed by atoms with Crippen LogP contribution in [-0.2, 0) is 6.42 Å². The molecule has 4 nitrogen and oxygen atoms in total. The van der Waals surface area contributed by atoms with Gasteiger partial charge in [-0.25, -0.2) is 4.39 Å². The lowest BCUT2D eigenvalue weighted by Crippen LogP contribution is -2.16. The Labute approximate surface area is 116 Å². The van der Waals surface area contributed by atoms with Gasteiger partial charge in [0.15, 0.2) is 0 Å². The van der Waals surface area contributed by atoms with E-state index < -0.39 is 5.91 Å². The number of benzene rings is 2. The first-order valence-corrected chi connectivity index (χ1v) is 6.24. The first-order valence-electron chi connectivity index (χ1n) is 6.24. The summed E-state index contributed by atoms with van der Waals surface area (Å²) in [6, 6.07) is 11.3. The predicted molar refractivity (Wildman–Crippen MR) is 78.0 cm³/mol. The zero-order valence-corrected chi connectivity index (χ0v) is 10.9. The van der Waals surface area contributed by atoms with Gasteiger partial charge in [0.1, 0.15) is 5.82 Å². The smallest absolute Gasteiger partial charge is 0.250 e. The van der Waals surface area contributed by atoms with Crippen molar-refractivity contribution in [3.8, 4) is 0 Å². The fourth-order valence-corrected chi connectivity index (χ4v) is 1.91. The molecule has 104 valence electrons. The molecule has 0 saturated heterocycles. The Hall–Kier alpha value is -2.56. The number of rotatable bonds is 5. The van der Waals surface area contributed by atoms with Crippen molar-refractivity contribution in [2.75, 3.05) is 17.6 Å². The van der Waals surface area contributed by atoms with Gasteiger partial charge in [0.2, 0.25) is 0 Å². The third-order valence-corrected chi connectivity index (χ3v) is 2.95. The van der Waals surface area contributed by atoms with Crippen molar-refractivity contribution in [2.24, 2.45) is 5.73 Å². The SMILES string of the molecule is NC(=O)c1cc(N)ccc1NCCc1ccc(F)cc1. The van der Waals surface area contributed by atoms with Crippen molar-refractivity contribution in [1.29, 1.82) is 0 Å². The topological polar surface area (TPSA) is 81.1 Å². The van der Waals surface area contributed by atoms with Crippen LogP contribution in [-0.4, -0.2) is 12.5 Å². The van der Waals surface area contributed by atoms with E-state index in [1.807, 2.05) is 0 Å². The van der Waals surface area contributed by atoms with Crippen molar-refractivity contribution in [3.05, 3.63) is 59.4 Å². The average molecular weight is 273 g/mol. The zero-order valence-electron chi connectivity index (χ0n) is 10.9. The molecule has 0 aromatic heterocycles. The van der Waals surface area contributed by atoms with Gasteiger partial charge in [0, 0.05) is 17.9 Å². The van der Waals surface area contributed by atoms with Crippen molar-refractivity contribution in [2.45, 2.75) is 6.42 Å². The van der Waals surface area contributed by atoms with Gasteiger partial charge in [-0.15, -0.1) is 0 Å². The van der Waals surface area contributed by atoms with E-state index in [2.05, 4.69) is 5.32 Å². The maximum Gasteiger partial charge on any atom is 0.250 e. The highest BCUT2D eigenvalue weighted by molar-refractivity contribution is 5.99. The van der Waals surface area contributed by atoms with Crippen LogP contribution in [0.3, 0.4) is 0 Å². The molecule has 2 aromatic carbocycles. The van der Waals surface area contributed by atoms with Crippen LogP contribution in [0.2, 0.25) is 0 Å². The largest absolute Gasteiger partial charge is 0.399 e. The van der Waals surface area contributed by atoms with Crippen LogP contribution < -0.4 is 16.8 Å². The van der Waals surface area contributed by atoms with Crippen molar-refractivity contribution in [3.63, 3.8) is 0 Å². The van der Waals surface area contributed by atoms with E-state index in [9.17, 15) is 9.18 Å². The summed E-state index contributed by atoms with van der Waals surface area (Å²) >= 11 is 0. The minimum atomic E-state index is -0.526. The summed E-state index contributed by atoms with van der Waals surface area (Å²) in [7, 11) is 0. The molecule has 20 heavy (non-hydrogen) atoms. The van der Waals surface area contributed by atoms with E-state index >= 15 is 0 Å². The van der Waals surface area contributed by atoms with E-state index in [0.29, 0.717) is 29.9 Å². The van der Waals surface area contributed by atoms with Gasteiger partial charge >= 0.3 is 0 Å². The number of carbonyl (C=O) groups is 1. The van der Waals surface area contributed by atoms with Crippen LogP contribution in [0.4, 0.5) is 15.8 Å². The molecule has 0 bridgehead atoms. The number of hydrogen-bond donors (Lipinski definition) is 3. The lowest BCUT2D eigenvalue weighted by molar-refractivity contribution is 0.100. The van der Waals surface area contributed by atoms with Gasteiger partial charge < -0.3 is 16.8 Å². The van der Waals surface area contributed by atoms with Crippen molar-refractivity contribution in [1.82, 2.24) is 0 Å². The van der Waals surface area contributed by atoms with Crippen LogP contribution in [0.15, 0.2) is 42.5 Å². The molecule has 5 heteroatoms. The molecule has 0 saturated carbocycles. The molecule has 0 radical (unpaired) electrons. The number of halogens is 1. The Balaban J connectivity index is 2.00. The second-order valence-electron chi connectivity index (χ2n) is 4.47. The molecule has 0 atom stereocenters. The van der Waals surface area contributed by atoms with Crippen LogP contribution in [0.25, 0.3) is 0 Å². The molecule has 0 fully saturated rings. The van der Waals surface area contributed by atoms with Crippen LogP contribution in [0.5, 0.6) is 0 Å². The first-order chi connectivity index (χ1) is 9.56. The highest BCUT2D eigenvalue weighted by Gasteiger charge is 2.08. The Kier molecular flexibility index (Phi) is 4.20. The molecule has 0 aliphatic carbocycles. The predicted octanol–water partition coefficient (Wildman–Crippen LogP) is 2.16. The number of hydrogen-bond acceptors (Lipinski definition) is 3. The van der Waals surface area contributed by atoms with Crippen LogP contribution >= 0.6 is 0 Å². The Morgan fingerprint density at radius 3 is 2.50 bits per heavy atom. The standard InChI is InChI=1S/C15H16FN3O/c16-11-3-1-10(2-4-11)7-8-19-14-6-5-12(17)9-13(14)15(18)20/h1-6,9,19H,7-8,17H2,(H2,18,20). The minimum Gasteiger partial charge on any atom is -0.399 e. The quantitative estimate of drug-likeness (QED) is 0.730. The maximum absolute atomic E-state index is 12.8. The summed E-state index contributed by atoms with van der Waals surface area (Å²) in [4.78, 5) is 11.3. The summed E-state index contributed by atoms with van der Waals surface area (Å²) in [5.41, 5.74) is 13.4. The number of carbonyl (C=O) groups excluding carboxylic acids is 1. The third kappa shape index (κ3) is 3.47. The summed E-state index contributed by atoms with van der Waals surface area (Å²) in [5.74, 6) is -0.780. The van der Waals surface area contributed by atoms with Gasteiger partial charge in [-0.1, -0.05) is 12.1 Å². The van der Waals surface area contributed by atoms with Gasteiger partial charge in [-0.2, -0.15) is 0 Å². The molecular formula is C15H16FN3O. The number of nitrogens with two attached hydrogens (primary N) is 2. The van der Waals surface area contributed by atoms with E-state index in [0.717, 1.165) is 5.56 Å². The minimum absolute atomic E-state index is 0.253. The molecule has 5 N–H and O–H groups in total. The summed E-state index contributed by atoms with van der Waals surface area (Å²) < 4.78 is 12.8. The van der Waals surface area contributed by atoms with Gasteiger partial charge in [-0.3, -0.25) is 4.79 Å². The van der Waals surface area contributed by atoms with E-state index in [1.54, 1.807) is 30.3 Å². The fraction of sp³-hybridized carbons (Fsp3) is 0.133. The van der Waals surface area contributed by atoms with Crippen molar-refractivity contribution >= 4 is 17.3 Å². The van der Waals surface area contributed by atoms with Crippen LogP contribution in [0, 0.1) is 5.82 Å². The highest BCUT2D eigenvalue weighted by atomic mass is 19.1. The summed E-state index contributed by atoms with van der Waals surface area (Å²) in [5, 5.41) is 3.13. The van der Waals surface area contributed by atoms with Crippen molar-refractivity contribution < 1.29 is 9.18 Å². The third-order valence-electron chi connectivity index (χ3n) is 2.95. The van der Waals surface area contributed by atoms with Gasteiger partial charge in [0.25, 0.3) is 5.91 Å². The summed E-state index contributed by atoms with van der Waals surface area (Å²) in [6.07, 6.45) is 0.711. The normalized spacial score (nSPS) is 10.2. The van der Waals surface area contributed by atoms with E-state index in [4.69, 9.17) is 11.5 Å². The Morgan fingerprint density at radius 2 is 1.85 bits per heavy atom. The fourth-order valence-electron chi connectivity index (χ4n) is 1.91. The number of amides is 1. The first kappa shape index (κ1) is 13.9. The Bertz CT molecular complexity index is 611. The monoisotopic (exact) mass is 273 g/mol. The molecule has 0 aliphatic heterocycles. The maximum atomic E-state index is 12.8. The molecule has 0 spiro atoms. The lowest BCUT2D eigenvalue weighted by Gasteiger charge is -2.10. The molecule has 0 heterocycles. The molecule has 2 rings (SSSR count). The second-order valence-corrected chi connectivity index (χ2v) is 4.47. The zero-order chi connectivity index (χ0) is 14.5. The lowest BCUT2D eigenvalue weighted by atomic mass is 10.1. The summed E-state index contributed by atoms with van der Waals surface area (Å²) in [6.45, 7) is 0.607. The number of primary amides is 1. The van der Waals surface area contributed by atoms with E-state index in [1.165, 1.54) is 12.1 Å². The second kappa shape index (κ2) is 6.06. The number of nitrogen functional groups attached to an aromatic ring is 1. The molecule has 0 unspecified atom stereocenters.